The molecule has 2 aromatic heterocycles. The fraction of sp³-hybridized carbons (Fsp3) is 0.500. The summed E-state index contributed by atoms with van der Waals surface area (Å²) in [5.41, 5.74) is -0.260. The second-order valence-electron chi connectivity index (χ2n) is 5.98. The van der Waals surface area contributed by atoms with E-state index >= 15 is 0 Å². The summed E-state index contributed by atoms with van der Waals surface area (Å²) in [4.78, 5) is 26.7. The minimum absolute atomic E-state index is 0.0416. The molecule has 2 aromatic rings. The summed E-state index contributed by atoms with van der Waals surface area (Å²) in [6, 6.07) is 1.78. The summed E-state index contributed by atoms with van der Waals surface area (Å²) >= 11 is 1.30. The van der Waals surface area contributed by atoms with E-state index in [1.807, 2.05) is 13.8 Å². The molecule has 0 aliphatic carbocycles. The maximum atomic E-state index is 12.8. The van der Waals surface area contributed by atoms with E-state index in [1.165, 1.54) is 22.3 Å². The van der Waals surface area contributed by atoms with Gasteiger partial charge in [0.2, 0.25) is 0 Å². The van der Waals surface area contributed by atoms with Gasteiger partial charge in [0.05, 0.1) is 11.1 Å². The predicted octanol–water partition coefficient (Wildman–Crippen LogP) is 1.30. The zero-order valence-corrected chi connectivity index (χ0v) is 13.7. The Morgan fingerprint density at radius 3 is 2.78 bits per heavy atom. The normalized spacial score (nSPS) is 21.1. The number of carbonyl (C=O) groups is 2. The Balaban J connectivity index is 1.86. The number of hydrogen-bond acceptors (Lipinski definition) is 6. The van der Waals surface area contributed by atoms with E-state index in [0.29, 0.717) is 23.5 Å². The van der Waals surface area contributed by atoms with E-state index in [1.54, 1.807) is 16.3 Å². The minimum atomic E-state index is -0.873. The summed E-state index contributed by atoms with van der Waals surface area (Å²) in [6.45, 7) is 4.45. The number of rotatable bonds is 4. The summed E-state index contributed by atoms with van der Waals surface area (Å²) in [7, 11) is 0. The van der Waals surface area contributed by atoms with Crippen molar-refractivity contribution >= 4 is 23.2 Å². The highest BCUT2D eigenvalue weighted by Crippen LogP contribution is 2.39. The zero-order chi connectivity index (χ0) is 16.6. The third-order valence-electron chi connectivity index (χ3n) is 4.55. The van der Waals surface area contributed by atoms with Gasteiger partial charge in [0.25, 0.3) is 5.91 Å². The second kappa shape index (κ2) is 5.73. The van der Waals surface area contributed by atoms with E-state index < -0.39 is 11.4 Å². The summed E-state index contributed by atoms with van der Waals surface area (Å²) in [5.74, 6) is -1.05. The Bertz CT molecular complexity index is 727. The highest BCUT2D eigenvalue weighted by atomic mass is 32.1. The molecular formula is C14H17N5O3S. The number of amides is 1. The van der Waals surface area contributed by atoms with Gasteiger partial charge in [-0.15, -0.1) is 16.4 Å². The molecule has 1 N–H and O–H groups in total. The summed E-state index contributed by atoms with van der Waals surface area (Å²) in [5, 5.41) is 22.4. The lowest BCUT2D eigenvalue weighted by molar-refractivity contribution is -0.150. The molecule has 23 heavy (non-hydrogen) atoms. The maximum Gasteiger partial charge on any atom is 0.311 e. The fourth-order valence-electron chi connectivity index (χ4n) is 2.96. The van der Waals surface area contributed by atoms with Gasteiger partial charge >= 0.3 is 5.97 Å². The van der Waals surface area contributed by atoms with Crippen molar-refractivity contribution in [1.82, 2.24) is 25.1 Å². The molecular weight excluding hydrogens is 318 g/mol. The van der Waals surface area contributed by atoms with Crippen molar-refractivity contribution in [3.05, 3.63) is 22.7 Å². The highest BCUT2D eigenvalue weighted by Gasteiger charge is 2.48. The van der Waals surface area contributed by atoms with Gasteiger partial charge in [-0.1, -0.05) is 13.8 Å². The summed E-state index contributed by atoms with van der Waals surface area (Å²) in [6.07, 6.45) is 1.90. The fourth-order valence-corrected chi connectivity index (χ4v) is 3.80. The lowest BCUT2D eigenvalue weighted by atomic mass is 9.76. The standard InChI is InChI=1S/C14H17N5O3S/c1-9(2)14(13(21)22)4-5-18(7-14)12(20)11-10(3-6-23-11)19-8-15-16-17-19/h3,6,8-9H,4-5,7H2,1-2H3,(H,21,22). The van der Waals surface area contributed by atoms with Gasteiger partial charge in [-0.05, 0) is 34.2 Å². The molecule has 0 bridgehead atoms. The van der Waals surface area contributed by atoms with Crippen LogP contribution in [0, 0.1) is 11.3 Å². The smallest absolute Gasteiger partial charge is 0.311 e. The van der Waals surface area contributed by atoms with E-state index in [-0.39, 0.29) is 18.4 Å². The third-order valence-corrected chi connectivity index (χ3v) is 5.45. The van der Waals surface area contributed by atoms with Gasteiger partial charge < -0.3 is 10.0 Å². The van der Waals surface area contributed by atoms with Crippen molar-refractivity contribution in [2.45, 2.75) is 20.3 Å². The van der Waals surface area contributed by atoms with E-state index in [9.17, 15) is 14.7 Å². The zero-order valence-electron chi connectivity index (χ0n) is 12.8. The number of aliphatic carboxylic acids is 1. The van der Waals surface area contributed by atoms with Crippen LogP contribution >= 0.6 is 11.3 Å². The van der Waals surface area contributed by atoms with Crippen LogP contribution in [0.1, 0.15) is 29.9 Å². The first-order valence-electron chi connectivity index (χ1n) is 7.29. The quantitative estimate of drug-likeness (QED) is 0.903. The Labute approximate surface area is 136 Å². The Hall–Kier alpha value is -2.29. The number of tetrazole rings is 1. The van der Waals surface area contributed by atoms with Crippen LogP contribution in [0.5, 0.6) is 0 Å². The first kappa shape index (κ1) is 15.6. The van der Waals surface area contributed by atoms with Crippen LogP contribution in [0.25, 0.3) is 5.69 Å². The van der Waals surface area contributed by atoms with Crippen LogP contribution in [0.15, 0.2) is 17.8 Å². The molecule has 1 aliphatic heterocycles. The Morgan fingerprint density at radius 2 is 2.22 bits per heavy atom. The highest BCUT2D eigenvalue weighted by molar-refractivity contribution is 7.12. The third kappa shape index (κ3) is 2.50. The van der Waals surface area contributed by atoms with Crippen molar-refractivity contribution < 1.29 is 14.7 Å². The van der Waals surface area contributed by atoms with Gasteiger partial charge in [0.15, 0.2) is 0 Å². The minimum Gasteiger partial charge on any atom is -0.481 e. The topological polar surface area (TPSA) is 101 Å². The largest absolute Gasteiger partial charge is 0.481 e. The van der Waals surface area contributed by atoms with E-state index in [0.717, 1.165) is 0 Å². The van der Waals surface area contributed by atoms with Gasteiger partial charge in [-0.3, -0.25) is 9.59 Å². The van der Waals surface area contributed by atoms with Crippen molar-refractivity contribution in [3.63, 3.8) is 0 Å². The van der Waals surface area contributed by atoms with Crippen LogP contribution in [0.3, 0.4) is 0 Å². The van der Waals surface area contributed by atoms with Crippen molar-refractivity contribution in [2.75, 3.05) is 13.1 Å². The number of nitrogens with zero attached hydrogens (tertiary/aromatic N) is 5. The van der Waals surface area contributed by atoms with Crippen molar-refractivity contribution in [2.24, 2.45) is 11.3 Å². The average Bonchev–Trinajstić information content (AvgIpc) is 3.24. The number of carboxylic acids is 1. The molecule has 1 saturated heterocycles. The monoisotopic (exact) mass is 335 g/mol. The van der Waals surface area contributed by atoms with Gasteiger partial charge in [-0.25, -0.2) is 0 Å². The van der Waals surface area contributed by atoms with Crippen LogP contribution in [0.4, 0.5) is 0 Å². The molecule has 1 atom stereocenters. The maximum absolute atomic E-state index is 12.8. The van der Waals surface area contributed by atoms with E-state index in [2.05, 4.69) is 15.5 Å². The van der Waals surface area contributed by atoms with Gasteiger partial charge in [0, 0.05) is 13.1 Å². The molecule has 3 rings (SSSR count). The lowest BCUT2D eigenvalue weighted by Crippen LogP contribution is -2.40. The predicted molar refractivity (Wildman–Crippen MR) is 82.5 cm³/mol. The molecule has 1 amide bonds. The molecule has 1 aliphatic rings. The van der Waals surface area contributed by atoms with Gasteiger partial charge in [0.1, 0.15) is 11.2 Å². The number of aromatic nitrogens is 4. The first-order chi connectivity index (χ1) is 11.0. The van der Waals surface area contributed by atoms with E-state index in [4.69, 9.17) is 0 Å². The molecule has 1 unspecified atom stereocenters. The SMILES string of the molecule is CC(C)C1(C(=O)O)CCN(C(=O)c2sccc2-n2cnnn2)C1. The Kier molecular flexibility index (Phi) is 3.88. The number of carbonyl (C=O) groups excluding carboxylic acids is 1. The molecule has 0 aromatic carbocycles. The molecule has 122 valence electrons. The van der Waals surface area contributed by atoms with Gasteiger partial charge in [-0.2, -0.15) is 4.68 Å². The van der Waals surface area contributed by atoms with Crippen LogP contribution < -0.4 is 0 Å². The molecule has 0 radical (unpaired) electrons. The number of likely N-dealkylation sites (tertiary alicyclic amines) is 1. The average molecular weight is 335 g/mol. The van der Waals surface area contributed by atoms with Crippen molar-refractivity contribution in [3.8, 4) is 5.69 Å². The second-order valence-corrected chi connectivity index (χ2v) is 6.90. The molecule has 0 saturated carbocycles. The molecule has 9 heteroatoms. The number of carboxylic acid groups (broad SMARTS) is 1. The lowest BCUT2D eigenvalue weighted by Gasteiger charge is -2.28. The van der Waals surface area contributed by atoms with Crippen molar-refractivity contribution in [1.29, 1.82) is 0 Å². The Morgan fingerprint density at radius 1 is 1.43 bits per heavy atom. The van der Waals surface area contributed by atoms with Crippen LogP contribution in [0.2, 0.25) is 0 Å². The van der Waals surface area contributed by atoms with Crippen LogP contribution in [-0.4, -0.2) is 55.2 Å². The number of thiophene rings is 1. The molecule has 3 heterocycles. The summed E-state index contributed by atoms with van der Waals surface area (Å²) < 4.78 is 1.44. The molecule has 0 spiro atoms. The van der Waals surface area contributed by atoms with Crippen LogP contribution in [-0.2, 0) is 4.79 Å². The molecule has 8 nitrogen and oxygen atoms in total. The number of hydrogen-bond donors (Lipinski definition) is 1. The molecule has 1 fully saturated rings. The first-order valence-corrected chi connectivity index (χ1v) is 8.17.